The summed E-state index contributed by atoms with van der Waals surface area (Å²) in [5, 5.41) is 11.7. The van der Waals surface area contributed by atoms with Gasteiger partial charge in [-0.1, -0.05) is 13.0 Å². The Kier molecular flexibility index (Phi) is 5.58. The second kappa shape index (κ2) is 6.96. The van der Waals surface area contributed by atoms with Crippen LogP contribution in [0.4, 0.5) is 10.1 Å². The first-order valence-electron chi connectivity index (χ1n) is 6.02. The molecule has 100 valence electrons. The van der Waals surface area contributed by atoms with Gasteiger partial charge in [0.15, 0.2) is 0 Å². The first-order chi connectivity index (χ1) is 8.65. The summed E-state index contributed by atoms with van der Waals surface area (Å²) >= 11 is 0. The Morgan fingerprint density at radius 2 is 2.17 bits per heavy atom. The van der Waals surface area contributed by atoms with Crippen LogP contribution < -0.4 is 5.32 Å². The maximum atomic E-state index is 13.6. The number of amides is 1. The van der Waals surface area contributed by atoms with Gasteiger partial charge in [-0.3, -0.25) is 4.79 Å². The number of carbonyl (C=O) groups is 1. The molecule has 0 heterocycles. The van der Waals surface area contributed by atoms with Gasteiger partial charge in [0.1, 0.15) is 5.82 Å². The first kappa shape index (κ1) is 14.4. The van der Waals surface area contributed by atoms with Gasteiger partial charge in [0.25, 0.3) is 5.91 Å². The van der Waals surface area contributed by atoms with Crippen LogP contribution in [-0.4, -0.2) is 42.7 Å². The fourth-order valence-electron chi connectivity index (χ4n) is 1.83. The Morgan fingerprint density at radius 1 is 1.44 bits per heavy atom. The molecule has 1 amide bonds. The van der Waals surface area contributed by atoms with E-state index in [4.69, 9.17) is 5.11 Å². The average molecular weight is 254 g/mol. The third-order valence-electron chi connectivity index (χ3n) is 2.64. The topological polar surface area (TPSA) is 52.6 Å². The number of aliphatic hydroxyl groups is 1. The van der Waals surface area contributed by atoms with E-state index in [1.807, 2.05) is 6.92 Å². The van der Waals surface area contributed by atoms with E-state index in [0.29, 0.717) is 12.1 Å². The Hall–Kier alpha value is -1.62. The lowest BCUT2D eigenvalue weighted by Crippen LogP contribution is -2.34. The van der Waals surface area contributed by atoms with E-state index >= 15 is 0 Å². The lowest BCUT2D eigenvalue weighted by atomic mass is 10.1. The van der Waals surface area contributed by atoms with Crippen molar-refractivity contribution in [3.63, 3.8) is 0 Å². The van der Waals surface area contributed by atoms with Crippen molar-refractivity contribution in [3.8, 4) is 0 Å². The summed E-state index contributed by atoms with van der Waals surface area (Å²) in [4.78, 5) is 13.8. The van der Waals surface area contributed by atoms with Crippen molar-refractivity contribution in [2.75, 3.05) is 32.1 Å². The van der Waals surface area contributed by atoms with Crippen LogP contribution in [0.3, 0.4) is 0 Å². The monoisotopic (exact) mass is 254 g/mol. The molecule has 4 nitrogen and oxygen atoms in total. The summed E-state index contributed by atoms with van der Waals surface area (Å²) in [6.45, 7) is 2.64. The number of benzene rings is 1. The van der Waals surface area contributed by atoms with Crippen LogP contribution in [0.5, 0.6) is 0 Å². The summed E-state index contributed by atoms with van der Waals surface area (Å²) in [7, 11) is 1.57. The van der Waals surface area contributed by atoms with Gasteiger partial charge < -0.3 is 15.3 Å². The van der Waals surface area contributed by atoms with E-state index in [1.165, 1.54) is 17.0 Å². The van der Waals surface area contributed by atoms with Crippen LogP contribution in [-0.2, 0) is 0 Å². The van der Waals surface area contributed by atoms with Crippen LogP contribution >= 0.6 is 0 Å². The number of nitrogens with one attached hydrogen (secondary N) is 1. The minimum Gasteiger partial charge on any atom is -0.395 e. The van der Waals surface area contributed by atoms with Gasteiger partial charge in [-0.15, -0.1) is 0 Å². The summed E-state index contributed by atoms with van der Waals surface area (Å²) in [5.41, 5.74) is 0.487. The SMILES string of the molecule is CCCN(CCO)C(=O)c1cccc(F)c1NC. The molecular weight excluding hydrogens is 235 g/mol. The highest BCUT2D eigenvalue weighted by atomic mass is 19.1. The number of nitrogens with zero attached hydrogens (tertiary/aromatic N) is 1. The van der Waals surface area contributed by atoms with Crippen molar-refractivity contribution < 1.29 is 14.3 Å². The molecule has 1 aromatic rings. The zero-order valence-corrected chi connectivity index (χ0v) is 10.7. The summed E-state index contributed by atoms with van der Waals surface area (Å²) in [5.74, 6) is -0.724. The van der Waals surface area contributed by atoms with E-state index < -0.39 is 5.82 Å². The number of anilines is 1. The molecule has 1 rings (SSSR count). The van der Waals surface area contributed by atoms with E-state index in [-0.39, 0.29) is 24.7 Å². The lowest BCUT2D eigenvalue weighted by molar-refractivity contribution is 0.0722. The zero-order chi connectivity index (χ0) is 13.5. The van der Waals surface area contributed by atoms with Gasteiger partial charge >= 0.3 is 0 Å². The molecule has 0 saturated heterocycles. The van der Waals surface area contributed by atoms with Crippen molar-refractivity contribution in [1.29, 1.82) is 0 Å². The first-order valence-corrected chi connectivity index (χ1v) is 6.02. The normalized spacial score (nSPS) is 10.2. The van der Waals surface area contributed by atoms with E-state index in [2.05, 4.69) is 5.32 Å². The van der Waals surface area contributed by atoms with Crippen LogP contribution in [0, 0.1) is 5.82 Å². The molecule has 0 bridgehead atoms. The van der Waals surface area contributed by atoms with Crippen molar-refractivity contribution in [1.82, 2.24) is 4.90 Å². The third kappa shape index (κ3) is 3.20. The molecule has 0 fully saturated rings. The van der Waals surface area contributed by atoms with Gasteiger partial charge in [0.05, 0.1) is 17.9 Å². The lowest BCUT2D eigenvalue weighted by Gasteiger charge is -2.22. The maximum absolute atomic E-state index is 13.6. The number of para-hydroxylation sites is 1. The molecule has 0 atom stereocenters. The van der Waals surface area contributed by atoms with Gasteiger partial charge in [0.2, 0.25) is 0 Å². The standard InChI is InChI=1S/C13H19FN2O2/c1-3-7-16(8-9-17)13(18)10-5-4-6-11(14)12(10)15-2/h4-6,15,17H,3,7-9H2,1-2H3. The molecule has 0 aliphatic carbocycles. The molecule has 0 aliphatic rings. The minimum absolute atomic E-state index is 0.101. The van der Waals surface area contributed by atoms with E-state index in [0.717, 1.165) is 6.42 Å². The summed E-state index contributed by atoms with van der Waals surface area (Å²) < 4.78 is 13.6. The second-order valence-corrected chi connectivity index (χ2v) is 3.93. The van der Waals surface area contributed by atoms with Crippen molar-refractivity contribution in [2.24, 2.45) is 0 Å². The number of hydrogen-bond donors (Lipinski definition) is 2. The maximum Gasteiger partial charge on any atom is 0.256 e. The molecule has 0 unspecified atom stereocenters. The third-order valence-corrected chi connectivity index (χ3v) is 2.64. The van der Waals surface area contributed by atoms with Crippen LogP contribution in [0.25, 0.3) is 0 Å². The van der Waals surface area contributed by atoms with Crippen LogP contribution in [0.15, 0.2) is 18.2 Å². The Bertz CT molecular complexity index is 404. The number of aliphatic hydroxyl groups excluding tert-OH is 1. The van der Waals surface area contributed by atoms with Crippen molar-refractivity contribution in [3.05, 3.63) is 29.6 Å². The number of rotatable bonds is 6. The average Bonchev–Trinajstić information content (AvgIpc) is 2.37. The number of halogens is 1. The van der Waals surface area contributed by atoms with Gasteiger partial charge in [-0.2, -0.15) is 0 Å². The fourth-order valence-corrected chi connectivity index (χ4v) is 1.83. The highest BCUT2D eigenvalue weighted by Gasteiger charge is 2.19. The van der Waals surface area contributed by atoms with Gasteiger partial charge in [-0.25, -0.2) is 4.39 Å². The Balaban J connectivity index is 3.04. The van der Waals surface area contributed by atoms with Crippen LogP contribution in [0.1, 0.15) is 23.7 Å². The zero-order valence-electron chi connectivity index (χ0n) is 10.7. The molecule has 0 spiro atoms. The number of hydrogen-bond acceptors (Lipinski definition) is 3. The molecule has 5 heteroatoms. The molecule has 1 aromatic carbocycles. The summed E-state index contributed by atoms with van der Waals surface area (Å²) in [6, 6.07) is 4.39. The smallest absolute Gasteiger partial charge is 0.256 e. The van der Waals surface area contributed by atoms with Gasteiger partial charge in [-0.05, 0) is 18.6 Å². The molecular formula is C13H19FN2O2. The predicted molar refractivity (Wildman–Crippen MR) is 69.2 cm³/mol. The predicted octanol–water partition coefficient (Wildman–Crippen LogP) is 1.71. The fraction of sp³-hybridized carbons (Fsp3) is 0.462. The molecule has 2 N–H and O–H groups in total. The van der Waals surface area contributed by atoms with Crippen molar-refractivity contribution >= 4 is 11.6 Å². The molecule has 18 heavy (non-hydrogen) atoms. The highest BCUT2D eigenvalue weighted by molar-refractivity contribution is 5.99. The molecule has 0 saturated carbocycles. The molecule has 0 aliphatic heterocycles. The van der Waals surface area contributed by atoms with Gasteiger partial charge in [0, 0.05) is 20.1 Å². The number of carbonyl (C=O) groups excluding carboxylic acids is 1. The minimum atomic E-state index is -0.455. The summed E-state index contributed by atoms with van der Waals surface area (Å²) in [6.07, 6.45) is 0.788. The second-order valence-electron chi connectivity index (χ2n) is 3.93. The van der Waals surface area contributed by atoms with E-state index in [1.54, 1.807) is 13.1 Å². The Morgan fingerprint density at radius 3 is 2.72 bits per heavy atom. The highest BCUT2D eigenvalue weighted by Crippen LogP contribution is 2.20. The molecule has 0 aromatic heterocycles. The largest absolute Gasteiger partial charge is 0.395 e. The molecule has 0 radical (unpaired) electrons. The Labute approximate surface area is 106 Å². The van der Waals surface area contributed by atoms with Crippen LogP contribution in [0.2, 0.25) is 0 Å². The van der Waals surface area contributed by atoms with E-state index in [9.17, 15) is 9.18 Å². The van der Waals surface area contributed by atoms with Crippen molar-refractivity contribution in [2.45, 2.75) is 13.3 Å². The quantitative estimate of drug-likeness (QED) is 0.812.